The molecule has 8 nitrogen and oxygen atoms in total. The summed E-state index contributed by atoms with van der Waals surface area (Å²) in [5.41, 5.74) is -0.753. The number of carbonyl (C=O) groups excluding carboxylic acids is 2. The lowest BCUT2D eigenvalue weighted by molar-refractivity contribution is -0.145. The van der Waals surface area contributed by atoms with Crippen molar-refractivity contribution in [3.05, 3.63) is 59.3 Å². The SMILES string of the molecule is CCS(=O)(=O)NC(=O)C1C(C(C)(C)C)C(Nc2cc(C(F)(F)F)cc(C)n2)C(c2ccccc2)N1C(=O)C1CCCCC1. The molecule has 0 bridgehead atoms. The molecule has 1 aromatic heterocycles. The van der Waals surface area contributed by atoms with E-state index in [1.165, 1.54) is 18.7 Å². The zero-order valence-corrected chi connectivity index (χ0v) is 26.1. The second-order valence-corrected chi connectivity index (χ2v) is 14.7. The fourth-order valence-electron chi connectivity index (χ4n) is 6.60. The molecular formula is C31H41F3N4O4S. The summed E-state index contributed by atoms with van der Waals surface area (Å²) < 4.78 is 68.8. The molecule has 1 saturated heterocycles. The topological polar surface area (TPSA) is 108 Å². The fraction of sp³-hybridized carbons (Fsp3) is 0.581. The van der Waals surface area contributed by atoms with Crippen LogP contribution in [0.4, 0.5) is 19.0 Å². The van der Waals surface area contributed by atoms with E-state index in [9.17, 15) is 31.2 Å². The van der Waals surface area contributed by atoms with Crippen LogP contribution in [0.3, 0.4) is 0 Å². The quantitative estimate of drug-likeness (QED) is 0.401. The molecular weight excluding hydrogens is 581 g/mol. The van der Waals surface area contributed by atoms with E-state index in [1.807, 2.05) is 39.0 Å². The molecule has 1 aliphatic carbocycles. The molecule has 1 aliphatic heterocycles. The Hall–Kier alpha value is -3.15. The zero-order chi connectivity index (χ0) is 31.7. The van der Waals surface area contributed by atoms with Gasteiger partial charge in [0.2, 0.25) is 15.9 Å². The highest BCUT2D eigenvalue weighted by molar-refractivity contribution is 7.90. The predicted molar refractivity (Wildman–Crippen MR) is 158 cm³/mol. The number of hydrogen-bond acceptors (Lipinski definition) is 6. The number of nitrogens with zero attached hydrogens (tertiary/aromatic N) is 2. The summed E-state index contributed by atoms with van der Waals surface area (Å²) in [6.45, 7) is 8.51. The monoisotopic (exact) mass is 622 g/mol. The van der Waals surface area contributed by atoms with Gasteiger partial charge < -0.3 is 10.2 Å². The molecule has 2 amide bonds. The number of carbonyl (C=O) groups is 2. The summed E-state index contributed by atoms with van der Waals surface area (Å²) >= 11 is 0. The molecule has 2 aliphatic rings. The second-order valence-electron chi connectivity index (χ2n) is 12.7. The number of aromatic nitrogens is 1. The number of halogens is 3. The van der Waals surface area contributed by atoms with Crippen LogP contribution < -0.4 is 10.0 Å². The molecule has 12 heteroatoms. The maximum Gasteiger partial charge on any atom is 0.416 e. The number of aryl methyl sites for hydroxylation is 1. The number of amides is 2. The Kier molecular flexibility index (Phi) is 9.49. The number of benzene rings is 1. The van der Waals surface area contributed by atoms with Gasteiger partial charge in [0, 0.05) is 17.5 Å². The maximum atomic E-state index is 14.4. The van der Waals surface area contributed by atoms with E-state index < -0.39 is 57.1 Å². The van der Waals surface area contributed by atoms with Gasteiger partial charge in [-0.05, 0) is 49.8 Å². The number of hydrogen-bond donors (Lipinski definition) is 2. The molecule has 2 aromatic rings. The van der Waals surface area contributed by atoms with E-state index in [4.69, 9.17) is 0 Å². The lowest BCUT2D eigenvalue weighted by Gasteiger charge is -2.37. The number of sulfonamides is 1. The highest BCUT2D eigenvalue weighted by Crippen LogP contribution is 2.50. The average molecular weight is 623 g/mol. The van der Waals surface area contributed by atoms with Crippen molar-refractivity contribution in [2.45, 2.75) is 91.0 Å². The van der Waals surface area contributed by atoms with Crippen molar-refractivity contribution < 1.29 is 31.2 Å². The van der Waals surface area contributed by atoms with E-state index in [0.717, 1.165) is 31.4 Å². The minimum Gasteiger partial charge on any atom is -0.364 e. The number of rotatable bonds is 7. The largest absolute Gasteiger partial charge is 0.416 e. The highest BCUT2D eigenvalue weighted by atomic mass is 32.2. The Morgan fingerprint density at radius 3 is 2.21 bits per heavy atom. The fourth-order valence-corrected chi connectivity index (χ4v) is 7.17. The first-order valence-electron chi connectivity index (χ1n) is 14.8. The third-order valence-electron chi connectivity index (χ3n) is 8.52. The van der Waals surface area contributed by atoms with Gasteiger partial charge in [-0.15, -0.1) is 0 Å². The molecule has 4 atom stereocenters. The van der Waals surface area contributed by atoms with E-state index in [0.29, 0.717) is 18.4 Å². The average Bonchev–Trinajstić information content (AvgIpc) is 3.28. The first kappa shape index (κ1) is 32.8. The summed E-state index contributed by atoms with van der Waals surface area (Å²) in [5, 5.41) is 3.21. The second kappa shape index (κ2) is 12.5. The van der Waals surface area contributed by atoms with E-state index >= 15 is 0 Å². The zero-order valence-electron chi connectivity index (χ0n) is 25.2. The van der Waals surface area contributed by atoms with Gasteiger partial charge >= 0.3 is 6.18 Å². The summed E-state index contributed by atoms with van der Waals surface area (Å²) in [7, 11) is -3.98. The predicted octanol–water partition coefficient (Wildman–Crippen LogP) is 5.85. The number of pyridine rings is 1. The summed E-state index contributed by atoms with van der Waals surface area (Å²) in [6.07, 6.45) is -0.601. The van der Waals surface area contributed by atoms with Crippen molar-refractivity contribution in [1.29, 1.82) is 0 Å². The van der Waals surface area contributed by atoms with Crippen molar-refractivity contribution in [1.82, 2.24) is 14.6 Å². The van der Waals surface area contributed by atoms with Crippen LogP contribution in [0.2, 0.25) is 0 Å². The van der Waals surface area contributed by atoms with E-state index in [1.54, 1.807) is 12.1 Å². The molecule has 236 valence electrons. The van der Waals surface area contributed by atoms with Gasteiger partial charge in [0.05, 0.1) is 23.4 Å². The molecule has 1 aromatic carbocycles. The Morgan fingerprint density at radius 2 is 1.65 bits per heavy atom. The lowest BCUT2D eigenvalue weighted by Crippen LogP contribution is -2.54. The molecule has 0 radical (unpaired) electrons. The van der Waals surface area contributed by atoms with Crippen LogP contribution in [-0.2, 0) is 25.8 Å². The maximum absolute atomic E-state index is 14.4. The minimum absolute atomic E-state index is 0.0418. The smallest absolute Gasteiger partial charge is 0.364 e. The van der Waals surface area contributed by atoms with Crippen LogP contribution in [0.25, 0.3) is 0 Å². The number of likely N-dealkylation sites (tertiary alicyclic amines) is 1. The Labute approximate surface area is 251 Å². The van der Waals surface area contributed by atoms with Crippen molar-refractivity contribution in [3.8, 4) is 0 Å². The highest BCUT2D eigenvalue weighted by Gasteiger charge is 2.59. The van der Waals surface area contributed by atoms with Gasteiger partial charge in [-0.3, -0.25) is 14.3 Å². The van der Waals surface area contributed by atoms with Gasteiger partial charge in [-0.25, -0.2) is 13.4 Å². The third-order valence-corrected chi connectivity index (χ3v) is 9.79. The molecule has 2 N–H and O–H groups in total. The van der Waals surface area contributed by atoms with Crippen LogP contribution in [0.1, 0.15) is 82.7 Å². The molecule has 2 heterocycles. The van der Waals surface area contributed by atoms with Crippen molar-refractivity contribution in [3.63, 3.8) is 0 Å². The Bertz CT molecular complexity index is 1420. The number of anilines is 1. The Balaban J connectivity index is 1.94. The van der Waals surface area contributed by atoms with Gasteiger partial charge in [0.1, 0.15) is 11.9 Å². The summed E-state index contributed by atoms with van der Waals surface area (Å²) in [5.74, 6) is -2.53. The van der Waals surface area contributed by atoms with Crippen molar-refractivity contribution in [2.24, 2.45) is 17.3 Å². The van der Waals surface area contributed by atoms with Gasteiger partial charge in [0.25, 0.3) is 5.91 Å². The van der Waals surface area contributed by atoms with Crippen molar-refractivity contribution in [2.75, 3.05) is 11.1 Å². The van der Waals surface area contributed by atoms with Gasteiger partial charge in [-0.1, -0.05) is 70.4 Å². The van der Waals surface area contributed by atoms with Gasteiger partial charge in [0.15, 0.2) is 0 Å². The van der Waals surface area contributed by atoms with E-state index in [-0.39, 0.29) is 29.1 Å². The molecule has 43 heavy (non-hydrogen) atoms. The minimum atomic E-state index is -4.61. The summed E-state index contributed by atoms with van der Waals surface area (Å²) in [6, 6.07) is 8.12. The standard InChI is InChI=1S/C31H41F3N4O4S/c1-6-43(41,42)37-28(39)27-24(30(3,4)5)25(36-23-18-22(31(32,33)34)17-19(2)35-23)26(20-13-9-7-10-14-20)38(27)29(40)21-15-11-8-12-16-21/h7,9-10,13-14,17-18,21,24-27H,6,8,11-12,15-16H2,1-5H3,(H,35,36)(H,37,39). The molecule has 0 spiro atoms. The van der Waals surface area contributed by atoms with Crippen LogP contribution in [0.5, 0.6) is 0 Å². The number of nitrogens with one attached hydrogen (secondary N) is 2. The van der Waals surface area contributed by atoms with Crippen molar-refractivity contribution >= 4 is 27.7 Å². The lowest BCUT2D eigenvalue weighted by atomic mass is 9.72. The van der Waals surface area contributed by atoms with Crippen LogP contribution in [0, 0.1) is 24.2 Å². The normalized spacial score (nSPS) is 23.7. The Morgan fingerprint density at radius 1 is 1.02 bits per heavy atom. The van der Waals surface area contributed by atoms with Crippen LogP contribution in [-0.4, -0.2) is 48.0 Å². The first-order valence-corrected chi connectivity index (χ1v) is 16.4. The van der Waals surface area contributed by atoms with Crippen LogP contribution >= 0.6 is 0 Å². The summed E-state index contributed by atoms with van der Waals surface area (Å²) in [4.78, 5) is 34.3. The molecule has 1 saturated carbocycles. The molecule has 4 unspecified atom stereocenters. The first-order chi connectivity index (χ1) is 20.0. The molecule has 2 fully saturated rings. The third kappa shape index (κ3) is 7.33. The number of alkyl halides is 3. The molecule has 4 rings (SSSR count). The van der Waals surface area contributed by atoms with Crippen LogP contribution in [0.15, 0.2) is 42.5 Å². The van der Waals surface area contributed by atoms with E-state index in [2.05, 4.69) is 15.0 Å². The van der Waals surface area contributed by atoms with Gasteiger partial charge in [-0.2, -0.15) is 13.2 Å².